The molecule has 0 saturated carbocycles. The van der Waals surface area contributed by atoms with E-state index in [0.29, 0.717) is 12.6 Å². The molecule has 0 spiro atoms. The first-order chi connectivity index (χ1) is 14.2. The zero-order valence-electron chi connectivity index (χ0n) is 17.6. The number of aliphatic imine (C=N–C) groups is 1. The maximum absolute atomic E-state index is 6.02. The van der Waals surface area contributed by atoms with Gasteiger partial charge in [0.1, 0.15) is 6.10 Å². The minimum Gasteiger partial charge on any atom is -0.493 e. The summed E-state index contributed by atoms with van der Waals surface area (Å²) in [6.45, 7) is 7.67. The van der Waals surface area contributed by atoms with Crippen LogP contribution in [0.4, 0.5) is 5.00 Å². The highest BCUT2D eigenvalue weighted by molar-refractivity contribution is 7.14. The van der Waals surface area contributed by atoms with Crippen LogP contribution in [0.3, 0.4) is 0 Å². The van der Waals surface area contributed by atoms with E-state index in [9.17, 15) is 0 Å². The monoisotopic (exact) mass is 416 g/mol. The molecular weight excluding hydrogens is 384 g/mol. The minimum absolute atomic E-state index is 0.0533. The second kappa shape index (κ2) is 11.0. The first kappa shape index (κ1) is 21.3. The molecule has 1 unspecified atom stereocenters. The predicted octanol–water partition coefficient (Wildman–Crippen LogP) is 3.75. The summed E-state index contributed by atoms with van der Waals surface area (Å²) in [5.74, 6) is 2.35. The van der Waals surface area contributed by atoms with Gasteiger partial charge in [0.15, 0.2) is 17.5 Å². The van der Waals surface area contributed by atoms with Gasteiger partial charge in [-0.2, -0.15) is 0 Å². The average molecular weight is 417 g/mol. The van der Waals surface area contributed by atoms with E-state index in [1.54, 1.807) is 7.11 Å². The van der Waals surface area contributed by atoms with E-state index in [2.05, 4.69) is 40.0 Å². The molecule has 2 N–H and O–H groups in total. The van der Waals surface area contributed by atoms with Gasteiger partial charge in [0.05, 0.1) is 18.7 Å². The summed E-state index contributed by atoms with van der Waals surface area (Å²) in [6.07, 6.45) is 2.16. The minimum atomic E-state index is -0.0533. The van der Waals surface area contributed by atoms with E-state index in [4.69, 9.17) is 14.5 Å². The van der Waals surface area contributed by atoms with E-state index >= 15 is 0 Å². The Morgan fingerprint density at radius 3 is 2.62 bits per heavy atom. The number of methoxy groups -OCH3 is 1. The normalized spacial score (nSPS) is 16.4. The largest absolute Gasteiger partial charge is 0.493 e. The van der Waals surface area contributed by atoms with Crippen LogP contribution in [0.2, 0.25) is 0 Å². The summed E-state index contributed by atoms with van der Waals surface area (Å²) >= 11 is 1.81. The maximum Gasteiger partial charge on any atom is 0.191 e. The number of rotatable bonds is 8. The van der Waals surface area contributed by atoms with Gasteiger partial charge in [-0.3, -0.25) is 0 Å². The van der Waals surface area contributed by atoms with Crippen LogP contribution in [0, 0.1) is 0 Å². The number of para-hydroxylation sites is 2. The summed E-state index contributed by atoms with van der Waals surface area (Å²) in [7, 11) is 1.65. The van der Waals surface area contributed by atoms with Gasteiger partial charge in [0, 0.05) is 25.7 Å². The van der Waals surface area contributed by atoms with E-state index in [-0.39, 0.29) is 6.10 Å². The van der Waals surface area contributed by atoms with E-state index in [1.165, 1.54) is 5.00 Å². The number of piperidine rings is 1. The Morgan fingerprint density at radius 1 is 1.21 bits per heavy atom. The van der Waals surface area contributed by atoms with Crippen molar-refractivity contribution in [2.75, 3.05) is 38.2 Å². The summed E-state index contributed by atoms with van der Waals surface area (Å²) < 4.78 is 11.4. The van der Waals surface area contributed by atoms with Crippen molar-refractivity contribution >= 4 is 22.3 Å². The van der Waals surface area contributed by atoms with Crippen molar-refractivity contribution in [1.82, 2.24) is 10.6 Å². The van der Waals surface area contributed by atoms with Crippen molar-refractivity contribution in [3.63, 3.8) is 0 Å². The first-order valence-electron chi connectivity index (χ1n) is 10.3. The molecule has 0 aliphatic carbocycles. The Hall–Kier alpha value is -2.41. The molecule has 3 rings (SSSR count). The molecule has 0 bridgehead atoms. The van der Waals surface area contributed by atoms with Gasteiger partial charge in [-0.25, -0.2) is 4.99 Å². The Labute approximate surface area is 177 Å². The van der Waals surface area contributed by atoms with Crippen LogP contribution >= 0.6 is 11.3 Å². The van der Waals surface area contributed by atoms with Crippen LogP contribution in [-0.2, 0) is 0 Å². The number of benzene rings is 1. The molecule has 0 radical (unpaired) electrons. The third-order valence-corrected chi connectivity index (χ3v) is 5.83. The molecule has 1 aromatic carbocycles. The van der Waals surface area contributed by atoms with Crippen molar-refractivity contribution in [1.29, 1.82) is 0 Å². The Morgan fingerprint density at radius 2 is 1.97 bits per heavy atom. The molecule has 7 heteroatoms. The van der Waals surface area contributed by atoms with Gasteiger partial charge in [-0.15, -0.1) is 11.3 Å². The van der Waals surface area contributed by atoms with Gasteiger partial charge >= 0.3 is 0 Å². The van der Waals surface area contributed by atoms with E-state index < -0.39 is 0 Å². The fourth-order valence-corrected chi connectivity index (χ4v) is 4.18. The number of ether oxygens (including phenoxy) is 2. The van der Waals surface area contributed by atoms with E-state index in [0.717, 1.165) is 49.9 Å². The van der Waals surface area contributed by atoms with Gasteiger partial charge in [-0.1, -0.05) is 12.1 Å². The number of hydrogen-bond acceptors (Lipinski definition) is 5. The molecule has 29 heavy (non-hydrogen) atoms. The third kappa shape index (κ3) is 6.29. The molecule has 2 heterocycles. The molecule has 158 valence electrons. The second-order valence-corrected chi connectivity index (χ2v) is 8.08. The molecule has 6 nitrogen and oxygen atoms in total. The Balaban J connectivity index is 1.50. The van der Waals surface area contributed by atoms with Crippen molar-refractivity contribution in [2.24, 2.45) is 4.99 Å². The van der Waals surface area contributed by atoms with Crippen molar-refractivity contribution < 1.29 is 9.47 Å². The molecule has 1 aromatic heterocycles. The van der Waals surface area contributed by atoms with Crippen molar-refractivity contribution in [2.45, 2.75) is 38.8 Å². The van der Waals surface area contributed by atoms with Crippen LogP contribution in [0.1, 0.15) is 26.7 Å². The fraction of sp³-hybridized carbons (Fsp3) is 0.500. The number of nitrogens with one attached hydrogen (secondary N) is 2. The lowest BCUT2D eigenvalue weighted by Gasteiger charge is -2.33. The lowest BCUT2D eigenvalue weighted by Crippen LogP contribution is -2.49. The highest BCUT2D eigenvalue weighted by Gasteiger charge is 2.20. The highest BCUT2D eigenvalue weighted by atomic mass is 32.1. The molecule has 1 atom stereocenters. The second-order valence-electron chi connectivity index (χ2n) is 7.16. The zero-order valence-corrected chi connectivity index (χ0v) is 18.4. The van der Waals surface area contributed by atoms with Gasteiger partial charge < -0.3 is 25.0 Å². The highest BCUT2D eigenvalue weighted by Crippen LogP contribution is 2.27. The molecule has 1 fully saturated rings. The average Bonchev–Trinajstić information content (AvgIpc) is 3.28. The molecule has 2 aromatic rings. The molecule has 1 aliphatic rings. The summed E-state index contributed by atoms with van der Waals surface area (Å²) in [4.78, 5) is 7.21. The summed E-state index contributed by atoms with van der Waals surface area (Å²) in [5.41, 5.74) is 0. The lowest BCUT2D eigenvalue weighted by atomic mass is 10.1. The standard InChI is InChI=1S/C22H32N4O2S/c1-4-23-22(24-16-17(2)28-20-9-6-5-8-19(20)27-3)25-18-11-13-26(14-12-18)21-10-7-15-29-21/h5-10,15,17-18H,4,11-14,16H2,1-3H3,(H2,23,24,25). The topological polar surface area (TPSA) is 58.1 Å². The van der Waals surface area contributed by atoms with Gasteiger partial charge in [-0.05, 0) is 56.3 Å². The zero-order chi connectivity index (χ0) is 20.5. The predicted molar refractivity (Wildman–Crippen MR) is 122 cm³/mol. The lowest BCUT2D eigenvalue weighted by molar-refractivity contribution is 0.219. The van der Waals surface area contributed by atoms with Crippen LogP contribution < -0.4 is 25.0 Å². The Bertz CT molecular complexity index is 758. The third-order valence-electron chi connectivity index (χ3n) is 4.90. The van der Waals surface area contributed by atoms with Gasteiger partial charge in [0.25, 0.3) is 0 Å². The molecule has 1 aliphatic heterocycles. The molecule has 1 saturated heterocycles. The first-order valence-corrected chi connectivity index (χ1v) is 11.2. The maximum atomic E-state index is 6.02. The van der Waals surface area contributed by atoms with Crippen molar-refractivity contribution in [3.8, 4) is 11.5 Å². The smallest absolute Gasteiger partial charge is 0.191 e. The number of anilines is 1. The van der Waals surface area contributed by atoms with E-state index in [1.807, 2.05) is 42.5 Å². The van der Waals surface area contributed by atoms with Crippen LogP contribution in [-0.4, -0.2) is 51.4 Å². The number of nitrogens with zero attached hydrogens (tertiary/aromatic N) is 2. The number of guanidine groups is 1. The van der Waals surface area contributed by atoms with Crippen LogP contribution in [0.15, 0.2) is 46.8 Å². The van der Waals surface area contributed by atoms with Crippen LogP contribution in [0.5, 0.6) is 11.5 Å². The fourth-order valence-electron chi connectivity index (χ4n) is 3.40. The quantitative estimate of drug-likeness (QED) is 0.507. The number of hydrogen-bond donors (Lipinski definition) is 2. The number of thiophene rings is 1. The SMILES string of the molecule is CCNC(=NCC(C)Oc1ccccc1OC)NC1CCN(c2cccs2)CC1. The Kier molecular flexibility index (Phi) is 8.04. The van der Waals surface area contributed by atoms with Crippen LogP contribution in [0.25, 0.3) is 0 Å². The molecule has 0 amide bonds. The summed E-state index contributed by atoms with van der Waals surface area (Å²) in [6, 6.07) is 12.5. The van der Waals surface area contributed by atoms with Crippen molar-refractivity contribution in [3.05, 3.63) is 41.8 Å². The molecular formula is C22H32N4O2S. The van der Waals surface area contributed by atoms with Gasteiger partial charge in [0.2, 0.25) is 0 Å². The summed E-state index contributed by atoms with van der Waals surface area (Å²) in [5, 5.41) is 10.5.